The van der Waals surface area contributed by atoms with Gasteiger partial charge in [0.2, 0.25) is 0 Å². The molecule has 3 rings (SSSR count). The molecule has 6 nitrogen and oxygen atoms in total. The summed E-state index contributed by atoms with van der Waals surface area (Å²) in [5.41, 5.74) is 1.59. The molecule has 0 saturated carbocycles. The molecule has 1 fully saturated rings. The lowest BCUT2D eigenvalue weighted by atomic mass is 10.1. The third-order valence-corrected chi connectivity index (χ3v) is 4.57. The largest absolute Gasteiger partial charge is 0.469 e. The van der Waals surface area contributed by atoms with E-state index in [2.05, 4.69) is 0 Å². The van der Waals surface area contributed by atoms with E-state index >= 15 is 0 Å². The summed E-state index contributed by atoms with van der Waals surface area (Å²) in [4.78, 5) is 26.1. The molecular weight excluding hydrogens is 332 g/mol. The van der Waals surface area contributed by atoms with Crippen LogP contribution in [0.5, 0.6) is 0 Å². The van der Waals surface area contributed by atoms with Crippen molar-refractivity contribution in [2.75, 3.05) is 26.8 Å². The summed E-state index contributed by atoms with van der Waals surface area (Å²) in [6, 6.07) is 11.4. The van der Waals surface area contributed by atoms with Gasteiger partial charge in [-0.2, -0.15) is 0 Å². The minimum Gasteiger partial charge on any atom is -0.469 e. The molecule has 1 aromatic carbocycles. The molecule has 0 N–H and O–H groups in total. The Labute approximate surface area is 153 Å². The number of benzene rings is 1. The third kappa shape index (κ3) is 4.52. The summed E-state index contributed by atoms with van der Waals surface area (Å²) >= 11 is 0. The van der Waals surface area contributed by atoms with E-state index < -0.39 is 0 Å². The van der Waals surface area contributed by atoms with Gasteiger partial charge in [0.25, 0.3) is 5.91 Å². The minimum atomic E-state index is -0.321. The van der Waals surface area contributed by atoms with Crippen LogP contribution in [0.4, 0.5) is 0 Å². The van der Waals surface area contributed by atoms with Crippen LogP contribution >= 0.6 is 0 Å². The van der Waals surface area contributed by atoms with Crippen molar-refractivity contribution in [3.05, 3.63) is 54.4 Å². The van der Waals surface area contributed by atoms with E-state index in [-0.39, 0.29) is 24.4 Å². The smallest absolute Gasteiger partial charge is 0.307 e. The van der Waals surface area contributed by atoms with Gasteiger partial charge in [0, 0.05) is 43.3 Å². The molecule has 1 aliphatic heterocycles. The number of carbonyl (C=O) groups excluding carboxylic acids is 2. The first-order valence-corrected chi connectivity index (χ1v) is 8.88. The standard InChI is InChI=1S/C20H24N2O4/c1-25-19(23)10-13-22(15-18-5-4-14-26-18)20(24)16-6-8-17(9-7-16)21-11-2-3-12-21/h2-3,6-9,11-12,18H,4-5,10,13-15H2,1H3. The fraction of sp³-hybridized carbons (Fsp3) is 0.400. The minimum absolute atomic E-state index is 0.0377. The van der Waals surface area contributed by atoms with Gasteiger partial charge in [0.05, 0.1) is 19.6 Å². The molecule has 1 atom stereocenters. The normalized spacial score (nSPS) is 16.4. The van der Waals surface area contributed by atoms with Crippen LogP contribution in [0, 0.1) is 0 Å². The lowest BCUT2D eigenvalue weighted by molar-refractivity contribution is -0.140. The molecule has 0 spiro atoms. The summed E-state index contributed by atoms with van der Waals surface area (Å²) in [6.45, 7) is 1.55. The maximum absolute atomic E-state index is 12.9. The fourth-order valence-electron chi connectivity index (χ4n) is 3.10. The molecule has 6 heteroatoms. The molecule has 26 heavy (non-hydrogen) atoms. The van der Waals surface area contributed by atoms with Gasteiger partial charge >= 0.3 is 5.97 Å². The maximum Gasteiger partial charge on any atom is 0.307 e. The van der Waals surface area contributed by atoms with Crippen molar-refractivity contribution < 1.29 is 19.1 Å². The average Bonchev–Trinajstić information content (AvgIpc) is 3.38. The number of carbonyl (C=O) groups is 2. The van der Waals surface area contributed by atoms with Crippen molar-refractivity contribution >= 4 is 11.9 Å². The van der Waals surface area contributed by atoms with E-state index in [1.165, 1.54) is 7.11 Å². The average molecular weight is 356 g/mol. The second-order valence-corrected chi connectivity index (χ2v) is 6.35. The molecule has 0 radical (unpaired) electrons. The zero-order valence-electron chi connectivity index (χ0n) is 15.0. The highest BCUT2D eigenvalue weighted by Crippen LogP contribution is 2.17. The molecule has 1 aromatic heterocycles. The summed E-state index contributed by atoms with van der Waals surface area (Å²) in [7, 11) is 1.36. The number of ether oxygens (including phenoxy) is 2. The molecule has 1 unspecified atom stereocenters. The van der Waals surface area contributed by atoms with Crippen molar-refractivity contribution in [2.45, 2.75) is 25.4 Å². The van der Waals surface area contributed by atoms with Crippen LogP contribution in [0.15, 0.2) is 48.8 Å². The Balaban J connectivity index is 1.71. The maximum atomic E-state index is 12.9. The van der Waals surface area contributed by atoms with Gasteiger partial charge in [0.1, 0.15) is 0 Å². The SMILES string of the molecule is COC(=O)CCN(CC1CCCO1)C(=O)c1ccc(-n2cccc2)cc1. The van der Waals surface area contributed by atoms with Crippen molar-refractivity contribution in [3.8, 4) is 5.69 Å². The first-order valence-electron chi connectivity index (χ1n) is 8.88. The van der Waals surface area contributed by atoms with Crippen molar-refractivity contribution in [3.63, 3.8) is 0 Å². The Morgan fingerprint density at radius 1 is 1.23 bits per heavy atom. The van der Waals surface area contributed by atoms with Crippen LogP contribution in [0.3, 0.4) is 0 Å². The van der Waals surface area contributed by atoms with Gasteiger partial charge in [-0.3, -0.25) is 9.59 Å². The van der Waals surface area contributed by atoms with E-state index in [4.69, 9.17) is 9.47 Å². The summed E-state index contributed by atoms with van der Waals surface area (Å²) in [5, 5.41) is 0. The van der Waals surface area contributed by atoms with Gasteiger partial charge in [-0.05, 0) is 49.2 Å². The van der Waals surface area contributed by atoms with Crippen LogP contribution in [-0.4, -0.2) is 54.3 Å². The van der Waals surface area contributed by atoms with E-state index in [9.17, 15) is 9.59 Å². The third-order valence-electron chi connectivity index (χ3n) is 4.57. The quantitative estimate of drug-likeness (QED) is 0.716. The predicted octanol–water partition coefficient (Wildman–Crippen LogP) is 2.66. The Kier molecular flexibility index (Phi) is 6.07. The van der Waals surface area contributed by atoms with Gasteiger partial charge in [-0.1, -0.05) is 0 Å². The molecule has 2 heterocycles. The lowest BCUT2D eigenvalue weighted by Gasteiger charge is -2.25. The number of hydrogen-bond acceptors (Lipinski definition) is 4. The van der Waals surface area contributed by atoms with Crippen LogP contribution in [0.2, 0.25) is 0 Å². The Morgan fingerprint density at radius 2 is 1.96 bits per heavy atom. The molecule has 0 aliphatic carbocycles. The molecule has 1 saturated heterocycles. The fourth-order valence-corrected chi connectivity index (χ4v) is 3.10. The Hall–Kier alpha value is -2.60. The first kappa shape index (κ1) is 18.2. The highest BCUT2D eigenvalue weighted by Gasteiger charge is 2.24. The predicted molar refractivity (Wildman–Crippen MR) is 97.3 cm³/mol. The molecule has 2 aromatic rings. The van der Waals surface area contributed by atoms with Crippen molar-refractivity contribution in [1.29, 1.82) is 0 Å². The Bertz CT molecular complexity index is 719. The summed E-state index contributed by atoms with van der Waals surface area (Å²) in [6.07, 6.45) is 6.07. The van der Waals surface area contributed by atoms with Crippen LogP contribution < -0.4 is 0 Å². The number of amides is 1. The zero-order chi connectivity index (χ0) is 18.4. The monoisotopic (exact) mass is 356 g/mol. The van der Waals surface area contributed by atoms with Gasteiger partial charge in [-0.25, -0.2) is 0 Å². The van der Waals surface area contributed by atoms with Crippen molar-refractivity contribution in [1.82, 2.24) is 9.47 Å². The lowest BCUT2D eigenvalue weighted by Crippen LogP contribution is -2.38. The second-order valence-electron chi connectivity index (χ2n) is 6.35. The van der Waals surface area contributed by atoms with Gasteiger partial charge < -0.3 is 18.9 Å². The number of aromatic nitrogens is 1. The number of hydrogen-bond donors (Lipinski definition) is 0. The first-order chi connectivity index (χ1) is 12.7. The number of methoxy groups -OCH3 is 1. The molecule has 1 aliphatic rings. The van der Waals surface area contributed by atoms with E-state index in [0.29, 0.717) is 18.7 Å². The molecule has 138 valence electrons. The zero-order valence-corrected chi connectivity index (χ0v) is 15.0. The van der Waals surface area contributed by atoms with Gasteiger partial charge in [0.15, 0.2) is 0 Å². The highest BCUT2D eigenvalue weighted by atomic mass is 16.5. The summed E-state index contributed by atoms with van der Waals surface area (Å²) < 4.78 is 12.3. The van der Waals surface area contributed by atoms with Crippen molar-refractivity contribution in [2.24, 2.45) is 0 Å². The number of rotatable bonds is 7. The van der Waals surface area contributed by atoms with E-state index in [1.807, 2.05) is 53.4 Å². The Morgan fingerprint density at radius 3 is 2.58 bits per heavy atom. The number of esters is 1. The van der Waals surface area contributed by atoms with Crippen LogP contribution in [0.25, 0.3) is 5.69 Å². The van der Waals surface area contributed by atoms with Gasteiger partial charge in [-0.15, -0.1) is 0 Å². The second kappa shape index (κ2) is 8.67. The topological polar surface area (TPSA) is 60.8 Å². The molecular formula is C20H24N2O4. The van der Waals surface area contributed by atoms with Crippen LogP contribution in [0.1, 0.15) is 29.6 Å². The molecule has 1 amide bonds. The van der Waals surface area contributed by atoms with E-state index in [1.54, 1.807) is 4.90 Å². The number of nitrogens with zero attached hydrogens (tertiary/aromatic N) is 2. The van der Waals surface area contributed by atoms with E-state index in [0.717, 1.165) is 25.1 Å². The summed E-state index contributed by atoms with van der Waals surface area (Å²) in [5.74, 6) is -0.415. The molecule has 0 bridgehead atoms. The van der Waals surface area contributed by atoms with Crippen LogP contribution in [-0.2, 0) is 14.3 Å². The highest BCUT2D eigenvalue weighted by molar-refractivity contribution is 5.94.